The molecule has 17 heavy (non-hydrogen) atoms. The first-order valence-corrected chi connectivity index (χ1v) is 7.47. The summed E-state index contributed by atoms with van der Waals surface area (Å²) < 4.78 is 4.71. The van der Waals surface area contributed by atoms with E-state index in [9.17, 15) is 0 Å². The maximum absolute atomic E-state index is 9.11. The summed E-state index contributed by atoms with van der Waals surface area (Å²) in [5.41, 5.74) is 0. The van der Waals surface area contributed by atoms with Gasteiger partial charge in [0.25, 0.3) is 0 Å². The number of unbranched alkanes of at least 4 members (excludes halogenated alkanes) is 4. The van der Waals surface area contributed by atoms with Crippen molar-refractivity contribution in [2.45, 2.75) is 78.2 Å². The summed E-state index contributed by atoms with van der Waals surface area (Å²) in [6.07, 6.45) is 10.9. The van der Waals surface area contributed by atoms with Gasteiger partial charge in [-0.25, -0.2) is 0 Å². The first-order chi connectivity index (χ1) is 8.24. The maximum Gasteiger partial charge on any atom is 0.0781 e. The molecule has 2 nitrogen and oxygen atoms in total. The predicted molar refractivity (Wildman–Crippen MR) is 74.3 cm³/mol. The van der Waals surface area contributed by atoms with Gasteiger partial charge in [-0.3, -0.25) is 0 Å². The number of hydrogen-bond acceptors (Lipinski definition) is 2. The van der Waals surface area contributed by atoms with Gasteiger partial charge in [0.2, 0.25) is 0 Å². The molecule has 0 amide bonds. The smallest absolute Gasteiger partial charge is 0.0781 e. The lowest BCUT2D eigenvalue weighted by atomic mass is 9.96. The average Bonchev–Trinajstić information content (AvgIpc) is 3.12. The van der Waals surface area contributed by atoms with E-state index in [1.807, 2.05) is 0 Å². The Kier molecular flexibility index (Phi) is 12.3. The molecule has 1 saturated heterocycles. The van der Waals surface area contributed by atoms with Crippen molar-refractivity contribution in [2.75, 3.05) is 13.2 Å². The summed E-state index contributed by atoms with van der Waals surface area (Å²) in [6, 6.07) is 0. The highest BCUT2D eigenvalue weighted by molar-refractivity contribution is 4.58. The van der Waals surface area contributed by atoms with Gasteiger partial charge in [-0.15, -0.1) is 0 Å². The summed E-state index contributed by atoms with van der Waals surface area (Å²) in [5, 5.41) is 9.11. The zero-order valence-corrected chi connectivity index (χ0v) is 12.1. The van der Waals surface area contributed by atoms with E-state index in [1.165, 1.54) is 51.4 Å². The van der Waals surface area contributed by atoms with Gasteiger partial charge in [-0.2, -0.15) is 0 Å². The van der Waals surface area contributed by atoms with Crippen LogP contribution < -0.4 is 0 Å². The van der Waals surface area contributed by atoms with Crippen molar-refractivity contribution in [2.24, 2.45) is 5.92 Å². The Morgan fingerprint density at radius 1 is 1.06 bits per heavy atom. The molecule has 1 aliphatic heterocycles. The van der Waals surface area contributed by atoms with E-state index in [0.717, 1.165) is 6.61 Å². The molecule has 0 spiro atoms. The normalized spacial score (nSPS) is 19.4. The molecule has 0 aliphatic carbocycles. The molecule has 104 valence electrons. The van der Waals surface area contributed by atoms with E-state index in [0.29, 0.717) is 18.6 Å². The van der Waals surface area contributed by atoms with Crippen LogP contribution >= 0.6 is 0 Å². The Morgan fingerprint density at radius 2 is 1.59 bits per heavy atom. The van der Waals surface area contributed by atoms with Crippen LogP contribution in [0.15, 0.2) is 0 Å². The molecule has 0 aromatic rings. The average molecular weight is 244 g/mol. The summed E-state index contributed by atoms with van der Waals surface area (Å²) in [6.45, 7) is 7.89. The van der Waals surface area contributed by atoms with Gasteiger partial charge in [-0.1, -0.05) is 52.4 Å². The Balaban J connectivity index is 0.000000529. The van der Waals surface area contributed by atoms with Crippen molar-refractivity contribution in [1.29, 1.82) is 0 Å². The van der Waals surface area contributed by atoms with Gasteiger partial charge in [0.15, 0.2) is 0 Å². The van der Waals surface area contributed by atoms with Crippen molar-refractivity contribution >= 4 is 0 Å². The molecule has 1 heterocycles. The molecule has 1 aliphatic rings. The minimum absolute atomic E-state index is 0.395. The molecule has 0 radical (unpaired) electrons. The van der Waals surface area contributed by atoms with E-state index in [2.05, 4.69) is 20.8 Å². The zero-order valence-electron chi connectivity index (χ0n) is 12.1. The standard InChI is InChI=1S/C12H26O.C3H6O/c1-3-5-7-8-10-12(11-13)9-6-4-2;1-3-2-4-3/h12-13H,3-11H2,1-2H3;3H,2H2,1H3. The van der Waals surface area contributed by atoms with Crippen LogP contribution in [0, 0.1) is 5.92 Å². The van der Waals surface area contributed by atoms with Crippen molar-refractivity contribution in [3.05, 3.63) is 0 Å². The molecule has 1 fully saturated rings. The minimum Gasteiger partial charge on any atom is -0.396 e. The number of rotatable bonds is 9. The molecule has 0 aromatic carbocycles. The fourth-order valence-electron chi connectivity index (χ4n) is 1.78. The van der Waals surface area contributed by atoms with Gasteiger partial charge >= 0.3 is 0 Å². The van der Waals surface area contributed by atoms with Crippen molar-refractivity contribution in [1.82, 2.24) is 0 Å². The lowest BCUT2D eigenvalue weighted by Crippen LogP contribution is -2.05. The van der Waals surface area contributed by atoms with Crippen LogP contribution in [0.4, 0.5) is 0 Å². The fourth-order valence-corrected chi connectivity index (χ4v) is 1.78. The Hall–Kier alpha value is -0.0800. The first-order valence-electron chi connectivity index (χ1n) is 7.47. The summed E-state index contributed by atoms with van der Waals surface area (Å²) in [7, 11) is 0. The molecule has 2 atom stereocenters. The Morgan fingerprint density at radius 3 is 2.00 bits per heavy atom. The molecule has 1 rings (SSSR count). The maximum atomic E-state index is 9.11. The minimum atomic E-state index is 0.395. The second-order valence-corrected chi connectivity index (χ2v) is 5.18. The molecule has 0 aromatic heterocycles. The van der Waals surface area contributed by atoms with Crippen molar-refractivity contribution in [3.63, 3.8) is 0 Å². The molecule has 2 unspecified atom stereocenters. The first kappa shape index (κ1) is 16.9. The number of epoxide rings is 1. The van der Waals surface area contributed by atoms with Crippen LogP contribution in [0.2, 0.25) is 0 Å². The Labute approximate surface area is 108 Å². The SMILES string of the molecule is CC1CO1.CCCCCCC(CO)CCCC. The topological polar surface area (TPSA) is 32.8 Å². The van der Waals surface area contributed by atoms with Crippen LogP contribution in [-0.2, 0) is 4.74 Å². The van der Waals surface area contributed by atoms with Gasteiger partial charge < -0.3 is 9.84 Å². The van der Waals surface area contributed by atoms with Crippen molar-refractivity contribution in [3.8, 4) is 0 Å². The van der Waals surface area contributed by atoms with Gasteiger partial charge in [0, 0.05) is 6.61 Å². The predicted octanol–water partition coefficient (Wildman–Crippen LogP) is 4.16. The van der Waals surface area contributed by atoms with E-state index >= 15 is 0 Å². The van der Waals surface area contributed by atoms with Crippen LogP contribution in [0.3, 0.4) is 0 Å². The van der Waals surface area contributed by atoms with Crippen LogP contribution in [-0.4, -0.2) is 24.4 Å². The fraction of sp³-hybridized carbons (Fsp3) is 1.00. The third-order valence-electron chi connectivity index (χ3n) is 3.19. The monoisotopic (exact) mass is 244 g/mol. The van der Waals surface area contributed by atoms with Crippen LogP contribution in [0.5, 0.6) is 0 Å². The third-order valence-corrected chi connectivity index (χ3v) is 3.19. The highest BCUT2D eigenvalue weighted by atomic mass is 16.6. The largest absolute Gasteiger partial charge is 0.396 e. The number of aliphatic hydroxyl groups is 1. The highest BCUT2D eigenvalue weighted by Crippen LogP contribution is 2.16. The summed E-state index contributed by atoms with van der Waals surface area (Å²) in [5.74, 6) is 0.580. The molecule has 0 bridgehead atoms. The number of ether oxygens (including phenoxy) is 1. The van der Waals surface area contributed by atoms with E-state index in [4.69, 9.17) is 9.84 Å². The number of hydrogen-bond donors (Lipinski definition) is 1. The van der Waals surface area contributed by atoms with Crippen LogP contribution in [0.1, 0.15) is 72.1 Å². The zero-order chi connectivity index (χ0) is 12.9. The van der Waals surface area contributed by atoms with Gasteiger partial charge in [-0.05, 0) is 25.7 Å². The van der Waals surface area contributed by atoms with Crippen molar-refractivity contribution < 1.29 is 9.84 Å². The third kappa shape index (κ3) is 13.9. The summed E-state index contributed by atoms with van der Waals surface area (Å²) >= 11 is 0. The van der Waals surface area contributed by atoms with E-state index in [-0.39, 0.29) is 0 Å². The van der Waals surface area contributed by atoms with Gasteiger partial charge in [0.1, 0.15) is 0 Å². The second-order valence-electron chi connectivity index (χ2n) is 5.18. The second kappa shape index (κ2) is 12.4. The van der Waals surface area contributed by atoms with Crippen LogP contribution in [0.25, 0.3) is 0 Å². The lowest BCUT2D eigenvalue weighted by molar-refractivity contribution is 0.205. The molecule has 0 saturated carbocycles. The van der Waals surface area contributed by atoms with Gasteiger partial charge in [0.05, 0.1) is 12.7 Å². The van der Waals surface area contributed by atoms with E-state index < -0.39 is 0 Å². The number of aliphatic hydroxyl groups excluding tert-OH is 1. The molecule has 2 heteroatoms. The molecular weight excluding hydrogens is 212 g/mol. The summed E-state index contributed by atoms with van der Waals surface area (Å²) in [4.78, 5) is 0. The quantitative estimate of drug-likeness (QED) is 0.488. The molecular formula is C15H32O2. The molecule has 1 N–H and O–H groups in total. The Bertz CT molecular complexity index is 144. The van der Waals surface area contributed by atoms with E-state index in [1.54, 1.807) is 0 Å². The lowest BCUT2D eigenvalue weighted by Gasteiger charge is -2.12. The highest BCUT2D eigenvalue weighted by Gasteiger charge is 2.13.